The summed E-state index contributed by atoms with van der Waals surface area (Å²) in [5, 5.41) is 0. The van der Waals surface area contributed by atoms with Gasteiger partial charge in [0.15, 0.2) is 0 Å². The smallest absolute Gasteiger partial charge is 0.0720 e. The zero-order valence-electron chi connectivity index (χ0n) is 19.8. The van der Waals surface area contributed by atoms with Gasteiger partial charge in [0.25, 0.3) is 0 Å². The van der Waals surface area contributed by atoms with Crippen molar-refractivity contribution in [2.24, 2.45) is 28.2 Å². The lowest BCUT2D eigenvalue weighted by atomic mass is 9.62. The topological polar surface area (TPSA) is 12.4 Å². The summed E-state index contributed by atoms with van der Waals surface area (Å²) in [6.07, 6.45) is 24.2. The summed E-state index contributed by atoms with van der Waals surface area (Å²) in [4.78, 5) is 4.75. The Labute approximate surface area is 193 Å². The summed E-state index contributed by atoms with van der Waals surface area (Å²) in [6, 6.07) is 7.24. The summed E-state index contributed by atoms with van der Waals surface area (Å²) in [5.41, 5.74) is 11.2. The lowest BCUT2D eigenvalue weighted by molar-refractivity contribution is 0.125. The molecule has 0 aromatic heterocycles. The molecule has 0 saturated heterocycles. The van der Waals surface area contributed by atoms with Crippen LogP contribution in [0.25, 0.3) is 0 Å². The molecule has 1 aromatic carbocycles. The van der Waals surface area contributed by atoms with Crippen LogP contribution in [0.15, 0.2) is 81.9 Å². The van der Waals surface area contributed by atoms with E-state index in [-0.39, 0.29) is 0 Å². The molecule has 2 unspecified atom stereocenters. The summed E-state index contributed by atoms with van der Waals surface area (Å²) >= 11 is 0. The summed E-state index contributed by atoms with van der Waals surface area (Å²) in [6.45, 7) is 6.97. The number of aliphatic imine (C=N–C) groups is 1. The lowest BCUT2D eigenvalue weighted by Gasteiger charge is -2.42. The van der Waals surface area contributed by atoms with E-state index in [4.69, 9.17) is 4.99 Å². The van der Waals surface area contributed by atoms with Gasteiger partial charge < -0.3 is 0 Å². The number of benzene rings is 1. The van der Waals surface area contributed by atoms with Crippen molar-refractivity contribution < 1.29 is 0 Å². The monoisotopic (exact) mass is 421 g/mol. The van der Waals surface area contributed by atoms with Crippen LogP contribution in [0.5, 0.6) is 0 Å². The van der Waals surface area contributed by atoms with Crippen LogP contribution in [0.3, 0.4) is 0 Å². The van der Waals surface area contributed by atoms with E-state index in [0.29, 0.717) is 23.3 Å². The Bertz CT molecular complexity index is 1130. The van der Waals surface area contributed by atoms with Gasteiger partial charge in [0.2, 0.25) is 0 Å². The second-order valence-electron chi connectivity index (χ2n) is 10.9. The Balaban J connectivity index is 1.21. The molecule has 0 bridgehead atoms. The molecule has 2 fully saturated rings. The van der Waals surface area contributed by atoms with E-state index in [1.807, 2.05) is 6.21 Å². The first kappa shape index (κ1) is 20.2. The summed E-state index contributed by atoms with van der Waals surface area (Å²) in [5.74, 6) is 1.91. The molecule has 5 aliphatic rings. The van der Waals surface area contributed by atoms with Gasteiger partial charge in [-0.25, -0.2) is 0 Å². The van der Waals surface area contributed by atoms with Gasteiger partial charge in [-0.2, -0.15) is 0 Å². The van der Waals surface area contributed by atoms with Crippen molar-refractivity contribution in [2.45, 2.75) is 65.3 Å². The minimum absolute atomic E-state index is 0.482. The van der Waals surface area contributed by atoms with Gasteiger partial charge in [-0.3, -0.25) is 4.99 Å². The van der Waals surface area contributed by atoms with Gasteiger partial charge in [0.05, 0.1) is 6.04 Å². The maximum atomic E-state index is 4.75. The molecule has 32 heavy (non-hydrogen) atoms. The molecule has 164 valence electrons. The minimum Gasteiger partial charge on any atom is -0.285 e. The largest absolute Gasteiger partial charge is 0.285 e. The average Bonchev–Trinajstić information content (AvgIpc) is 3.51. The molecule has 1 aromatic rings. The van der Waals surface area contributed by atoms with Crippen LogP contribution in [-0.2, 0) is 6.42 Å². The molecule has 0 radical (unpaired) electrons. The molecule has 1 nitrogen and oxygen atoms in total. The van der Waals surface area contributed by atoms with Crippen LogP contribution in [0, 0.1) is 37.0 Å². The van der Waals surface area contributed by atoms with Crippen LogP contribution < -0.4 is 0 Å². The van der Waals surface area contributed by atoms with Crippen LogP contribution in [0.1, 0.15) is 55.7 Å². The van der Waals surface area contributed by atoms with Gasteiger partial charge in [0.1, 0.15) is 0 Å². The van der Waals surface area contributed by atoms with Gasteiger partial charge in [-0.05, 0) is 109 Å². The van der Waals surface area contributed by atoms with Crippen molar-refractivity contribution in [3.8, 4) is 0 Å². The third-order valence-electron chi connectivity index (χ3n) is 9.59. The van der Waals surface area contributed by atoms with Crippen molar-refractivity contribution in [2.75, 3.05) is 0 Å². The highest BCUT2D eigenvalue weighted by Gasteiger charge is 2.50. The molecule has 1 spiro atoms. The number of hydrogen-bond donors (Lipinski definition) is 0. The molecule has 1 heteroatoms. The zero-order chi connectivity index (χ0) is 21.9. The molecule has 1 heterocycles. The van der Waals surface area contributed by atoms with E-state index in [9.17, 15) is 0 Å². The molecule has 1 aliphatic heterocycles. The van der Waals surface area contributed by atoms with Crippen molar-refractivity contribution >= 4 is 6.21 Å². The first-order chi connectivity index (χ1) is 15.6. The summed E-state index contributed by atoms with van der Waals surface area (Å²) < 4.78 is 0. The number of hydrogen-bond acceptors (Lipinski definition) is 1. The Kier molecular flexibility index (Phi) is 4.79. The van der Waals surface area contributed by atoms with Crippen LogP contribution in [0.2, 0.25) is 0 Å². The normalized spacial score (nSPS) is 34.8. The Morgan fingerprint density at radius 3 is 2.66 bits per heavy atom. The molecule has 0 amide bonds. The fourth-order valence-corrected chi connectivity index (χ4v) is 7.33. The van der Waals surface area contributed by atoms with Crippen molar-refractivity contribution in [3.05, 3.63) is 93.6 Å². The van der Waals surface area contributed by atoms with E-state index in [0.717, 1.165) is 12.3 Å². The van der Waals surface area contributed by atoms with E-state index in [1.165, 1.54) is 48.8 Å². The van der Waals surface area contributed by atoms with Crippen LogP contribution in [-0.4, -0.2) is 12.3 Å². The van der Waals surface area contributed by atoms with Crippen LogP contribution in [0.4, 0.5) is 0 Å². The molecule has 6 rings (SSSR count). The number of fused-ring (bicyclic) bond motifs is 2. The number of aryl methyl sites for hydroxylation is 1. The Morgan fingerprint density at radius 2 is 1.84 bits per heavy atom. The van der Waals surface area contributed by atoms with Gasteiger partial charge in [0, 0.05) is 12.1 Å². The highest BCUT2D eigenvalue weighted by atomic mass is 14.8. The predicted molar refractivity (Wildman–Crippen MR) is 135 cm³/mol. The molecular formula is C31H35N. The van der Waals surface area contributed by atoms with E-state index in [1.54, 1.807) is 22.3 Å². The molecule has 3 atom stereocenters. The highest BCUT2D eigenvalue weighted by molar-refractivity contribution is 5.77. The van der Waals surface area contributed by atoms with Crippen molar-refractivity contribution in [3.63, 3.8) is 0 Å². The zero-order valence-corrected chi connectivity index (χ0v) is 19.8. The first-order valence-corrected chi connectivity index (χ1v) is 12.6. The second-order valence-corrected chi connectivity index (χ2v) is 10.9. The number of nitrogens with zero attached hydrogens (tertiary/aromatic N) is 1. The van der Waals surface area contributed by atoms with Crippen LogP contribution >= 0.6 is 0 Å². The third kappa shape index (κ3) is 3.08. The minimum atomic E-state index is 0.482. The number of rotatable bonds is 3. The standard InChI is InChI=1S/C31H35N/c1-20-6-4-7-24(21(20)2)18-25-10-11-28(29-9-5-8-27(25)29)23-12-15-31(16-13-23)19-30-26(22(31)3)14-17-32-30/h4-11,14,17,22-23,27,30H,12-13,15-16,18-19H2,1-3H3/t22-,23?,27?,30?,31?/m1/s1. The van der Waals surface area contributed by atoms with Crippen molar-refractivity contribution in [1.82, 2.24) is 0 Å². The fourth-order valence-electron chi connectivity index (χ4n) is 7.33. The highest BCUT2D eigenvalue weighted by Crippen LogP contribution is 2.58. The van der Waals surface area contributed by atoms with Gasteiger partial charge >= 0.3 is 0 Å². The fraction of sp³-hybridized carbons (Fsp3) is 0.452. The van der Waals surface area contributed by atoms with Crippen molar-refractivity contribution in [1.29, 1.82) is 0 Å². The lowest BCUT2D eigenvalue weighted by Crippen LogP contribution is -2.32. The van der Waals surface area contributed by atoms with E-state index in [2.05, 4.69) is 75.4 Å². The molecular weight excluding hydrogens is 386 g/mol. The SMILES string of the molecule is Cc1cccc(CC2=CC=C(C3CCC4(CC3)CC3N=CC=C3[C@H]4C)C3=CC=CC23)c1C. The quantitative estimate of drug-likeness (QED) is 0.481. The third-order valence-corrected chi connectivity index (χ3v) is 9.59. The average molecular weight is 422 g/mol. The second kappa shape index (κ2) is 7.58. The molecule has 0 N–H and O–H groups in total. The first-order valence-electron chi connectivity index (χ1n) is 12.6. The van der Waals surface area contributed by atoms with Gasteiger partial charge in [-0.15, -0.1) is 0 Å². The molecule has 2 saturated carbocycles. The maximum Gasteiger partial charge on any atom is 0.0720 e. The molecule has 4 aliphatic carbocycles. The van der Waals surface area contributed by atoms with E-state index >= 15 is 0 Å². The predicted octanol–water partition coefficient (Wildman–Crippen LogP) is 7.42. The Hall–Kier alpha value is -2.41. The maximum absolute atomic E-state index is 4.75. The number of allylic oxidation sites excluding steroid dienone is 9. The van der Waals surface area contributed by atoms with Gasteiger partial charge in [-0.1, -0.05) is 61.1 Å². The van der Waals surface area contributed by atoms with E-state index < -0.39 is 0 Å². The Morgan fingerprint density at radius 1 is 1.00 bits per heavy atom. The summed E-state index contributed by atoms with van der Waals surface area (Å²) in [7, 11) is 0.